The van der Waals surface area contributed by atoms with Gasteiger partial charge in [-0.15, -0.1) is 0 Å². The van der Waals surface area contributed by atoms with Gasteiger partial charge in [-0.25, -0.2) is 4.39 Å². The number of nitrogens with one attached hydrogen (secondary N) is 2. The average molecular weight is 248 g/mol. The fourth-order valence-corrected chi connectivity index (χ4v) is 2.33. The Bertz CT molecular complexity index is 529. The topological polar surface area (TPSA) is 27.8 Å². The molecule has 0 radical (unpaired) electrons. The van der Waals surface area contributed by atoms with Crippen molar-refractivity contribution in [1.82, 2.24) is 10.3 Å². The van der Waals surface area contributed by atoms with Crippen LogP contribution in [-0.4, -0.2) is 17.6 Å². The number of benzene rings is 1. The Labute approximate surface area is 108 Å². The number of aromatic nitrogens is 1. The zero-order valence-electron chi connectivity index (χ0n) is 11.3. The Morgan fingerprint density at radius 2 is 2.11 bits per heavy atom. The molecule has 2 nitrogen and oxygen atoms in total. The summed E-state index contributed by atoms with van der Waals surface area (Å²) in [6.45, 7) is 7.35. The van der Waals surface area contributed by atoms with Crippen LogP contribution in [0.15, 0.2) is 18.2 Å². The molecule has 0 spiro atoms. The normalized spacial score (nSPS) is 11.6. The lowest BCUT2D eigenvalue weighted by Gasteiger charge is -2.07. The van der Waals surface area contributed by atoms with E-state index in [0.29, 0.717) is 6.04 Å². The van der Waals surface area contributed by atoms with E-state index in [1.807, 2.05) is 6.07 Å². The largest absolute Gasteiger partial charge is 0.358 e. The van der Waals surface area contributed by atoms with Crippen LogP contribution in [0.4, 0.5) is 4.39 Å². The van der Waals surface area contributed by atoms with Crippen molar-refractivity contribution < 1.29 is 4.39 Å². The minimum Gasteiger partial charge on any atom is -0.358 e. The third-order valence-electron chi connectivity index (χ3n) is 3.24. The molecule has 1 heterocycles. The summed E-state index contributed by atoms with van der Waals surface area (Å²) in [7, 11) is 0. The molecule has 3 heteroatoms. The van der Waals surface area contributed by atoms with Crippen molar-refractivity contribution in [3.63, 3.8) is 0 Å². The van der Waals surface area contributed by atoms with Gasteiger partial charge in [0.2, 0.25) is 0 Å². The molecule has 0 aliphatic heterocycles. The Morgan fingerprint density at radius 1 is 1.33 bits per heavy atom. The zero-order chi connectivity index (χ0) is 13.1. The maximum atomic E-state index is 13.3. The molecule has 0 saturated heterocycles. The quantitative estimate of drug-likeness (QED) is 0.778. The molecule has 2 aromatic rings. The van der Waals surface area contributed by atoms with E-state index in [1.54, 1.807) is 6.07 Å². The first-order valence-corrected chi connectivity index (χ1v) is 6.58. The number of rotatable bonds is 5. The van der Waals surface area contributed by atoms with Gasteiger partial charge in [0.25, 0.3) is 0 Å². The maximum Gasteiger partial charge on any atom is 0.123 e. The molecule has 0 atom stereocenters. The molecule has 0 bridgehead atoms. The van der Waals surface area contributed by atoms with Crippen molar-refractivity contribution in [3.8, 4) is 0 Å². The fourth-order valence-electron chi connectivity index (χ4n) is 2.33. The van der Waals surface area contributed by atoms with Crippen molar-refractivity contribution in [2.24, 2.45) is 0 Å². The van der Waals surface area contributed by atoms with E-state index in [-0.39, 0.29) is 5.82 Å². The molecule has 0 saturated carbocycles. The highest BCUT2D eigenvalue weighted by molar-refractivity contribution is 5.84. The first-order chi connectivity index (χ1) is 8.58. The first kappa shape index (κ1) is 13.1. The number of H-pyrrole nitrogens is 1. The van der Waals surface area contributed by atoms with Crippen molar-refractivity contribution in [3.05, 3.63) is 35.3 Å². The Hall–Kier alpha value is -1.35. The molecular formula is C15H21FN2. The maximum absolute atomic E-state index is 13.3. The summed E-state index contributed by atoms with van der Waals surface area (Å²) < 4.78 is 13.3. The molecule has 2 rings (SSSR count). The Kier molecular flexibility index (Phi) is 4.02. The van der Waals surface area contributed by atoms with Gasteiger partial charge >= 0.3 is 0 Å². The monoisotopic (exact) mass is 248 g/mol. The van der Waals surface area contributed by atoms with E-state index in [0.717, 1.165) is 36.0 Å². The van der Waals surface area contributed by atoms with Crippen LogP contribution in [0.5, 0.6) is 0 Å². The highest BCUT2D eigenvalue weighted by atomic mass is 19.1. The Balaban J connectivity index is 2.12. The van der Waals surface area contributed by atoms with Gasteiger partial charge in [-0.05, 0) is 50.1 Å². The SMILES string of the molecule is Cc1[nH]c2ccc(F)cc2c1CCCNC(C)C. The van der Waals surface area contributed by atoms with Gasteiger partial charge in [0.05, 0.1) is 0 Å². The number of aromatic amines is 1. The van der Waals surface area contributed by atoms with Crippen molar-refractivity contribution in [2.75, 3.05) is 6.54 Å². The van der Waals surface area contributed by atoms with E-state index in [9.17, 15) is 4.39 Å². The standard InChI is InChI=1S/C15H21FN2/c1-10(2)17-8-4-5-13-11(3)18-15-7-6-12(16)9-14(13)15/h6-7,9-10,17-18H,4-5,8H2,1-3H3. The lowest BCUT2D eigenvalue weighted by Crippen LogP contribution is -2.23. The highest BCUT2D eigenvalue weighted by Crippen LogP contribution is 2.24. The molecule has 98 valence electrons. The van der Waals surface area contributed by atoms with Gasteiger partial charge in [0, 0.05) is 22.6 Å². The summed E-state index contributed by atoms with van der Waals surface area (Å²) in [4.78, 5) is 3.32. The van der Waals surface area contributed by atoms with Gasteiger partial charge in [-0.3, -0.25) is 0 Å². The van der Waals surface area contributed by atoms with Crippen LogP contribution < -0.4 is 5.32 Å². The summed E-state index contributed by atoms with van der Waals surface area (Å²) >= 11 is 0. The molecule has 0 fully saturated rings. The number of fused-ring (bicyclic) bond motifs is 1. The first-order valence-electron chi connectivity index (χ1n) is 6.58. The number of aryl methyl sites for hydroxylation is 2. The van der Waals surface area contributed by atoms with Crippen LogP contribution in [0.3, 0.4) is 0 Å². The second-order valence-electron chi connectivity index (χ2n) is 5.13. The van der Waals surface area contributed by atoms with Gasteiger partial charge in [-0.1, -0.05) is 13.8 Å². The van der Waals surface area contributed by atoms with Crippen LogP contribution in [0.1, 0.15) is 31.5 Å². The van der Waals surface area contributed by atoms with Crippen molar-refractivity contribution in [2.45, 2.75) is 39.7 Å². The van der Waals surface area contributed by atoms with Crippen LogP contribution in [0, 0.1) is 12.7 Å². The second-order valence-corrected chi connectivity index (χ2v) is 5.13. The van der Waals surface area contributed by atoms with E-state index in [1.165, 1.54) is 11.6 Å². The summed E-state index contributed by atoms with van der Waals surface area (Å²) in [5.74, 6) is -0.164. The summed E-state index contributed by atoms with van der Waals surface area (Å²) in [5, 5.41) is 4.43. The molecule has 1 aromatic heterocycles. The summed E-state index contributed by atoms with van der Waals surface area (Å²) in [6.07, 6.45) is 2.05. The molecule has 0 unspecified atom stereocenters. The smallest absolute Gasteiger partial charge is 0.123 e. The third kappa shape index (κ3) is 2.91. The highest BCUT2D eigenvalue weighted by Gasteiger charge is 2.08. The van der Waals surface area contributed by atoms with E-state index in [4.69, 9.17) is 0 Å². The van der Waals surface area contributed by atoms with Crippen LogP contribution >= 0.6 is 0 Å². The molecule has 0 aliphatic carbocycles. The lowest BCUT2D eigenvalue weighted by molar-refractivity contribution is 0.570. The van der Waals surface area contributed by atoms with Gasteiger partial charge in [0.15, 0.2) is 0 Å². The molecule has 2 N–H and O–H groups in total. The number of hydrogen-bond donors (Lipinski definition) is 2. The molecule has 18 heavy (non-hydrogen) atoms. The lowest BCUT2D eigenvalue weighted by atomic mass is 10.1. The molecule has 1 aromatic carbocycles. The van der Waals surface area contributed by atoms with Crippen LogP contribution in [0.2, 0.25) is 0 Å². The number of halogens is 1. The van der Waals surface area contributed by atoms with Crippen LogP contribution in [-0.2, 0) is 6.42 Å². The minimum absolute atomic E-state index is 0.164. The Morgan fingerprint density at radius 3 is 2.83 bits per heavy atom. The van der Waals surface area contributed by atoms with Gasteiger partial charge < -0.3 is 10.3 Å². The summed E-state index contributed by atoms with van der Waals surface area (Å²) in [5.41, 5.74) is 3.43. The molecule has 0 aliphatic rings. The number of hydrogen-bond acceptors (Lipinski definition) is 1. The van der Waals surface area contributed by atoms with Gasteiger partial charge in [-0.2, -0.15) is 0 Å². The predicted molar refractivity (Wildman–Crippen MR) is 74.5 cm³/mol. The second kappa shape index (κ2) is 5.53. The molecular weight excluding hydrogens is 227 g/mol. The molecule has 0 amide bonds. The fraction of sp³-hybridized carbons (Fsp3) is 0.467. The van der Waals surface area contributed by atoms with E-state index >= 15 is 0 Å². The predicted octanol–water partition coefficient (Wildman–Crippen LogP) is 3.55. The van der Waals surface area contributed by atoms with Crippen molar-refractivity contribution in [1.29, 1.82) is 0 Å². The summed E-state index contributed by atoms with van der Waals surface area (Å²) in [6, 6.07) is 5.46. The van der Waals surface area contributed by atoms with E-state index in [2.05, 4.69) is 31.1 Å². The average Bonchev–Trinajstić information content (AvgIpc) is 2.60. The van der Waals surface area contributed by atoms with E-state index < -0.39 is 0 Å². The van der Waals surface area contributed by atoms with Crippen LogP contribution in [0.25, 0.3) is 10.9 Å². The van der Waals surface area contributed by atoms with Gasteiger partial charge in [0.1, 0.15) is 5.82 Å². The van der Waals surface area contributed by atoms with Crippen molar-refractivity contribution >= 4 is 10.9 Å². The third-order valence-corrected chi connectivity index (χ3v) is 3.24. The minimum atomic E-state index is -0.164. The zero-order valence-corrected chi connectivity index (χ0v) is 11.3.